The Kier molecular flexibility index (Phi) is 3.47. The number of amides is 1. The highest BCUT2D eigenvalue weighted by Gasteiger charge is 2.33. The first kappa shape index (κ1) is 15.9. The minimum absolute atomic E-state index is 0.0140. The zero-order valence-corrected chi connectivity index (χ0v) is 15.2. The maximum atomic E-state index is 12.5. The fourth-order valence-corrected chi connectivity index (χ4v) is 3.94. The van der Waals surface area contributed by atoms with E-state index in [1.807, 2.05) is 61.0 Å². The van der Waals surface area contributed by atoms with Gasteiger partial charge in [-0.05, 0) is 43.2 Å². The van der Waals surface area contributed by atoms with Crippen molar-refractivity contribution in [3.8, 4) is 17.2 Å². The molecule has 6 heteroatoms. The Morgan fingerprint density at radius 3 is 2.78 bits per heavy atom. The second kappa shape index (κ2) is 5.87. The first-order chi connectivity index (χ1) is 13.1. The number of benzene rings is 2. The molecule has 1 amide bonds. The number of para-hydroxylation sites is 1. The molecule has 136 valence electrons. The SMILES string of the molecule is Cc1ccccc1-n1nc(C)c2c1NC(=O)C[C@H]2c1ccc2c(c1)OCO2. The summed E-state index contributed by atoms with van der Waals surface area (Å²) in [7, 11) is 0. The van der Waals surface area contributed by atoms with Crippen LogP contribution < -0.4 is 14.8 Å². The number of ether oxygens (including phenoxy) is 2. The summed E-state index contributed by atoms with van der Waals surface area (Å²) in [5.74, 6) is 2.14. The minimum atomic E-state index is -0.0685. The van der Waals surface area contributed by atoms with Crippen LogP contribution in [0.5, 0.6) is 11.5 Å². The molecule has 0 aliphatic carbocycles. The van der Waals surface area contributed by atoms with E-state index in [1.54, 1.807) is 0 Å². The van der Waals surface area contributed by atoms with Crippen LogP contribution in [0.2, 0.25) is 0 Å². The molecular formula is C21H19N3O3. The molecule has 0 saturated heterocycles. The molecule has 0 saturated carbocycles. The van der Waals surface area contributed by atoms with Crippen LogP contribution in [0, 0.1) is 13.8 Å². The molecule has 0 spiro atoms. The first-order valence-electron chi connectivity index (χ1n) is 8.97. The molecule has 6 nitrogen and oxygen atoms in total. The highest BCUT2D eigenvalue weighted by molar-refractivity contribution is 5.95. The smallest absolute Gasteiger partial charge is 0.231 e. The summed E-state index contributed by atoms with van der Waals surface area (Å²) >= 11 is 0. The molecule has 0 radical (unpaired) electrons. The van der Waals surface area contributed by atoms with Gasteiger partial charge in [-0.15, -0.1) is 0 Å². The van der Waals surface area contributed by atoms with Crippen LogP contribution in [0.25, 0.3) is 5.69 Å². The van der Waals surface area contributed by atoms with Crippen molar-refractivity contribution in [2.24, 2.45) is 0 Å². The number of hydrogen-bond donors (Lipinski definition) is 1. The number of carbonyl (C=O) groups excluding carboxylic acids is 1. The van der Waals surface area contributed by atoms with Gasteiger partial charge in [-0.3, -0.25) is 4.79 Å². The normalized spacial score (nSPS) is 17.6. The van der Waals surface area contributed by atoms with Gasteiger partial charge in [0.15, 0.2) is 11.5 Å². The average Bonchev–Trinajstić information content (AvgIpc) is 3.25. The largest absolute Gasteiger partial charge is 0.454 e. The third-order valence-electron chi connectivity index (χ3n) is 5.25. The Morgan fingerprint density at radius 1 is 1.11 bits per heavy atom. The maximum absolute atomic E-state index is 12.5. The number of carbonyl (C=O) groups is 1. The molecule has 3 heterocycles. The van der Waals surface area contributed by atoms with Crippen molar-refractivity contribution in [2.45, 2.75) is 26.2 Å². The Labute approximate surface area is 156 Å². The van der Waals surface area contributed by atoms with Crippen LogP contribution in [0.15, 0.2) is 42.5 Å². The van der Waals surface area contributed by atoms with E-state index in [-0.39, 0.29) is 18.6 Å². The standard InChI is InChI=1S/C21H19N3O3/c1-12-5-3-4-6-16(12)24-21-20(13(2)23-24)15(10-19(25)22-21)14-7-8-17-18(9-14)27-11-26-17/h3-9,15H,10-11H2,1-2H3,(H,22,25)/t15-/m0/s1. The first-order valence-corrected chi connectivity index (χ1v) is 8.97. The fourth-order valence-electron chi connectivity index (χ4n) is 3.94. The van der Waals surface area contributed by atoms with Gasteiger partial charge in [0.2, 0.25) is 12.7 Å². The Bertz CT molecular complexity index is 1070. The van der Waals surface area contributed by atoms with E-state index in [0.29, 0.717) is 6.42 Å². The van der Waals surface area contributed by atoms with Crippen LogP contribution in [0.4, 0.5) is 5.82 Å². The molecule has 1 aromatic heterocycles. The number of nitrogens with zero attached hydrogens (tertiary/aromatic N) is 2. The van der Waals surface area contributed by atoms with E-state index >= 15 is 0 Å². The Balaban J connectivity index is 1.66. The molecule has 0 unspecified atom stereocenters. The molecule has 2 aromatic carbocycles. The lowest BCUT2D eigenvalue weighted by Gasteiger charge is -2.24. The third kappa shape index (κ3) is 2.48. The lowest BCUT2D eigenvalue weighted by molar-refractivity contribution is -0.116. The van der Waals surface area contributed by atoms with Crippen LogP contribution in [0.1, 0.15) is 34.7 Å². The van der Waals surface area contributed by atoms with Crippen LogP contribution in [0.3, 0.4) is 0 Å². The number of fused-ring (bicyclic) bond motifs is 2. The van der Waals surface area contributed by atoms with Crippen molar-refractivity contribution in [1.29, 1.82) is 0 Å². The Morgan fingerprint density at radius 2 is 1.93 bits per heavy atom. The van der Waals surface area contributed by atoms with E-state index in [2.05, 4.69) is 5.32 Å². The molecule has 1 atom stereocenters. The third-order valence-corrected chi connectivity index (χ3v) is 5.25. The predicted octanol–water partition coefficient (Wildman–Crippen LogP) is 3.69. The van der Waals surface area contributed by atoms with Crippen molar-refractivity contribution < 1.29 is 14.3 Å². The van der Waals surface area contributed by atoms with Gasteiger partial charge in [0.1, 0.15) is 5.82 Å². The number of aromatic nitrogens is 2. The lowest BCUT2D eigenvalue weighted by Crippen LogP contribution is -2.25. The summed E-state index contributed by atoms with van der Waals surface area (Å²) in [6.07, 6.45) is 0.382. The molecular weight excluding hydrogens is 342 g/mol. The van der Waals surface area contributed by atoms with Crippen molar-refractivity contribution in [3.63, 3.8) is 0 Å². The molecule has 3 aromatic rings. The molecule has 27 heavy (non-hydrogen) atoms. The number of nitrogens with one attached hydrogen (secondary N) is 1. The number of anilines is 1. The van der Waals surface area contributed by atoms with E-state index in [0.717, 1.165) is 45.4 Å². The minimum Gasteiger partial charge on any atom is -0.454 e. The highest BCUT2D eigenvalue weighted by Crippen LogP contribution is 2.43. The van der Waals surface area contributed by atoms with Crippen molar-refractivity contribution in [3.05, 3.63) is 64.8 Å². The predicted molar refractivity (Wildman–Crippen MR) is 101 cm³/mol. The van der Waals surface area contributed by atoms with Gasteiger partial charge in [-0.1, -0.05) is 24.3 Å². The molecule has 2 aliphatic heterocycles. The Hall–Kier alpha value is -3.28. The molecule has 5 rings (SSSR count). The molecule has 1 N–H and O–H groups in total. The van der Waals surface area contributed by atoms with Crippen LogP contribution in [-0.4, -0.2) is 22.5 Å². The van der Waals surface area contributed by atoms with Crippen molar-refractivity contribution in [2.75, 3.05) is 12.1 Å². The average molecular weight is 361 g/mol. The summed E-state index contributed by atoms with van der Waals surface area (Å²) in [5.41, 5.74) is 5.06. The zero-order valence-electron chi connectivity index (χ0n) is 15.2. The summed E-state index contributed by atoms with van der Waals surface area (Å²) < 4.78 is 12.8. The molecule has 0 bridgehead atoms. The lowest BCUT2D eigenvalue weighted by atomic mass is 9.85. The zero-order chi connectivity index (χ0) is 18.5. The number of hydrogen-bond acceptors (Lipinski definition) is 4. The summed E-state index contributed by atoms with van der Waals surface area (Å²) in [6.45, 7) is 4.27. The summed E-state index contributed by atoms with van der Waals surface area (Å²) in [4.78, 5) is 12.5. The fraction of sp³-hybridized carbons (Fsp3) is 0.238. The summed E-state index contributed by atoms with van der Waals surface area (Å²) in [6, 6.07) is 13.9. The highest BCUT2D eigenvalue weighted by atomic mass is 16.7. The van der Waals surface area contributed by atoms with E-state index < -0.39 is 0 Å². The number of aryl methyl sites for hydroxylation is 2. The second-order valence-electron chi connectivity index (χ2n) is 6.96. The quantitative estimate of drug-likeness (QED) is 0.756. The number of rotatable bonds is 2. The summed E-state index contributed by atoms with van der Waals surface area (Å²) in [5, 5.41) is 7.78. The van der Waals surface area contributed by atoms with Gasteiger partial charge in [-0.2, -0.15) is 5.10 Å². The monoisotopic (exact) mass is 361 g/mol. The van der Waals surface area contributed by atoms with Crippen LogP contribution >= 0.6 is 0 Å². The van der Waals surface area contributed by atoms with Gasteiger partial charge in [0.25, 0.3) is 0 Å². The van der Waals surface area contributed by atoms with Crippen molar-refractivity contribution in [1.82, 2.24) is 9.78 Å². The van der Waals surface area contributed by atoms with Gasteiger partial charge in [-0.25, -0.2) is 4.68 Å². The van der Waals surface area contributed by atoms with Gasteiger partial charge >= 0.3 is 0 Å². The second-order valence-corrected chi connectivity index (χ2v) is 6.96. The maximum Gasteiger partial charge on any atom is 0.231 e. The van der Waals surface area contributed by atoms with Gasteiger partial charge in [0, 0.05) is 17.9 Å². The topological polar surface area (TPSA) is 65.4 Å². The van der Waals surface area contributed by atoms with E-state index in [1.165, 1.54) is 0 Å². The van der Waals surface area contributed by atoms with Crippen molar-refractivity contribution >= 4 is 11.7 Å². The van der Waals surface area contributed by atoms with Gasteiger partial charge in [0.05, 0.1) is 11.4 Å². The van der Waals surface area contributed by atoms with Crippen LogP contribution in [-0.2, 0) is 4.79 Å². The van der Waals surface area contributed by atoms with E-state index in [9.17, 15) is 4.79 Å². The van der Waals surface area contributed by atoms with Gasteiger partial charge < -0.3 is 14.8 Å². The molecule has 0 fully saturated rings. The van der Waals surface area contributed by atoms with E-state index in [4.69, 9.17) is 14.6 Å². The molecule has 2 aliphatic rings.